The number of aromatic nitrogens is 2. The molecule has 0 aliphatic heterocycles. The first kappa shape index (κ1) is 13.1. The van der Waals surface area contributed by atoms with Crippen molar-refractivity contribution in [2.75, 3.05) is 5.32 Å². The second-order valence-electron chi connectivity index (χ2n) is 4.94. The number of aromatic amines is 1. The van der Waals surface area contributed by atoms with Crippen molar-refractivity contribution in [2.24, 2.45) is 0 Å². The summed E-state index contributed by atoms with van der Waals surface area (Å²) in [4.78, 5) is 32.4. The zero-order valence-corrected chi connectivity index (χ0v) is 12.0. The molecule has 2 heterocycles. The third-order valence-electron chi connectivity index (χ3n) is 3.37. The molecule has 3 rings (SSSR count). The molecule has 2 N–H and O–H groups in total. The summed E-state index contributed by atoms with van der Waals surface area (Å²) in [6.45, 7) is 1.78. The lowest BCUT2D eigenvalue weighted by molar-refractivity contribution is 0.102. The Hall–Kier alpha value is -1.95. The Balaban J connectivity index is 1.82. The average molecular weight is 289 g/mol. The topological polar surface area (TPSA) is 74.8 Å². The van der Waals surface area contributed by atoms with E-state index in [1.165, 1.54) is 34.9 Å². The molecule has 2 aromatic heterocycles. The van der Waals surface area contributed by atoms with Crippen LogP contribution in [0.15, 0.2) is 17.1 Å². The van der Waals surface area contributed by atoms with Crippen molar-refractivity contribution in [2.45, 2.75) is 32.6 Å². The van der Waals surface area contributed by atoms with Crippen LogP contribution in [0.2, 0.25) is 0 Å². The smallest absolute Gasteiger partial charge is 0.262 e. The van der Waals surface area contributed by atoms with E-state index < -0.39 is 5.91 Å². The van der Waals surface area contributed by atoms with Crippen molar-refractivity contribution >= 4 is 22.4 Å². The zero-order valence-electron chi connectivity index (χ0n) is 11.2. The van der Waals surface area contributed by atoms with Crippen LogP contribution in [0.25, 0.3) is 0 Å². The number of carbonyl (C=O) groups excluding carboxylic acids is 1. The number of carbonyl (C=O) groups is 1. The minimum Gasteiger partial charge on any atom is -0.364 e. The van der Waals surface area contributed by atoms with Crippen LogP contribution < -0.4 is 10.7 Å². The molecule has 2 aromatic rings. The van der Waals surface area contributed by atoms with Crippen LogP contribution in [-0.2, 0) is 12.8 Å². The van der Waals surface area contributed by atoms with Crippen molar-refractivity contribution in [3.05, 3.63) is 44.3 Å². The summed E-state index contributed by atoms with van der Waals surface area (Å²) < 4.78 is 0. The van der Waals surface area contributed by atoms with Crippen molar-refractivity contribution in [1.82, 2.24) is 9.97 Å². The van der Waals surface area contributed by atoms with E-state index in [4.69, 9.17) is 0 Å². The number of H-pyrrole nitrogens is 1. The Morgan fingerprint density at radius 1 is 1.40 bits per heavy atom. The maximum absolute atomic E-state index is 12.1. The number of rotatable bonds is 2. The van der Waals surface area contributed by atoms with Gasteiger partial charge in [-0.2, -0.15) is 0 Å². The summed E-state index contributed by atoms with van der Waals surface area (Å²) in [5.41, 5.74) is 1.66. The Kier molecular flexibility index (Phi) is 3.40. The summed E-state index contributed by atoms with van der Waals surface area (Å²) in [5.74, 6) is -0.405. The third kappa shape index (κ3) is 2.51. The number of anilines is 1. The summed E-state index contributed by atoms with van der Waals surface area (Å²) in [6.07, 6.45) is 5.79. The van der Waals surface area contributed by atoms with E-state index in [2.05, 4.69) is 15.3 Å². The van der Waals surface area contributed by atoms with Gasteiger partial charge in [-0.15, -0.1) is 11.3 Å². The van der Waals surface area contributed by atoms with Crippen molar-refractivity contribution in [1.29, 1.82) is 0 Å². The van der Waals surface area contributed by atoms with Gasteiger partial charge in [0.05, 0.1) is 5.69 Å². The van der Waals surface area contributed by atoms with Gasteiger partial charge in [0.15, 0.2) is 10.6 Å². The summed E-state index contributed by atoms with van der Waals surface area (Å²) in [6, 6.07) is 1.42. The first-order chi connectivity index (χ1) is 9.63. The lowest BCUT2D eigenvalue weighted by Crippen LogP contribution is -2.21. The predicted octanol–water partition coefficient (Wildman–Crippen LogP) is 2.27. The number of thiazole rings is 1. The molecule has 0 spiro atoms. The Bertz CT molecular complexity index is 694. The highest BCUT2D eigenvalue weighted by Gasteiger charge is 2.17. The van der Waals surface area contributed by atoms with Gasteiger partial charge in [0.25, 0.3) is 5.91 Å². The number of fused-ring (bicyclic) bond motifs is 1. The minimum absolute atomic E-state index is 0.115. The lowest BCUT2D eigenvalue weighted by atomic mass is 10.0. The van der Waals surface area contributed by atoms with Gasteiger partial charge in [0.2, 0.25) is 0 Å². The number of pyridine rings is 1. The van der Waals surface area contributed by atoms with Gasteiger partial charge in [-0.25, -0.2) is 4.98 Å². The van der Waals surface area contributed by atoms with E-state index in [1.54, 1.807) is 6.92 Å². The van der Waals surface area contributed by atoms with Crippen LogP contribution in [0.1, 0.15) is 39.5 Å². The fourth-order valence-electron chi connectivity index (χ4n) is 2.32. The van der Waals surface area contributed by atoms with E-state index in [0.717, 1.165) is 30.7 Å². The normalized spacial score (nSPS) is 13.8. The molecule has 0 aromatic carbocycles. The van der Waals surface area contributed by atoms with E-state index in [9.17, 15) is 9.59 Å². The number of amides is 1. The van der Waals surface area contributed by atoms with Crippen LogP contribution >= 0.6 is 11.3 Å². The fraction of sp³-hybridized carbons (Fsp3) is 0.357. The van der Waals surface area contributed by atoms with E-state index in [-0.39, 0.29) is 11.0 Å². The van der Waals surface area contributed by atoms with E-state index in [0.29, 0.717) is 5.13 Å². The van der Waals surface area contributed by atoms with Gasteiger partial charge in [-0.05, 0) is 32.6 Å². The molecule has 1 aliphatic carbocycles. The third-order valence-corrected chi connectivity index (χ3v) is 4.44. The SMILES string of the molecule is Cc1cc(=O)c(C(=O)Nc2nc3c(s2)CCCC3)c[nH]1. The van der Waals surface area contributed by atoms with Gasteiger partial charge in [-0.3, -0.25) is 14.9 Å². The maximum Gasteiger partial charge on any atom is 0.262 e. The monoisotopic (exact) mass is 289 g/mol. The molecular weight excluding hydrogens is 274 g/mol. The lowest BCUT2D eigenvalue weighted by Gasteiger charge is -2.06. The maximum atomic E-state index is 12.1. The second-order valence-corrected chi connectivity index (χ2v) is 6.03. The summed E-state index contributed by atoms with van der Waals surface area (Å²) >= 11 is 1.51. The largest absolute Gasteiger partial charge is 0.364 e. The van der Waals surface area contributed by atoms with Crippen molar-refractivity contribution < 1.29 is 4.79 Å². The quantitative estimate of drug-likeness (QED) is 0.890. The van der Waals surface area contributed by atoms with Crippen LogP contribution in [-0.4, -0.2) is 15.9 Å². The fourth-order valence-corrected chi connectivity index (χ4v) is 3.37. The summed E-state index contributed by atoms with van der Waals surface area (Å²) in [7, 11) is 0. The van der Waals surface area contributed by atoms with Gasteiger partial charge >= 0.3 is 0 Å². The number of aryl methyl sites for hydroxylation is 3. The molecule has 5 nitrogen and oxygen atoms in total. The van der Waals surface area contributed by atoms with Crippen molar-refractivity contribution in [3.63, 3.8) is 0 Å². The molecule has 0 atom stereocenters. The van der Waals surface area contributed by atoms with E-state index >= 15 is 0 Å². The van der Waals surface area contributed by atoms with Crippen LogP contribution in [0.3, 0.4) is 0 Å². The van der Waals surface area contributed by atoms with Crippen LogP contribution in [0.4, 0.5) is 5.13 Å². The molecule has 1 aliphatic rings. The van der Waals surface area contributed by atoms with Gasteiger partial charge in [0, 0.05) is 22.8 Å². The van der Waals surface area contributed by atoms with Crippen LogP contribution in [0, 0.1) is 6.92 Å². The molecule has 0 unspecified atom stereocenters. The standard InChI is InChI=1S/C14H15N3O2S/c1-8-6-11(18)9(7-15-8)13(19)17-14-16-10-4-2-3-5-12(10)20-14/h6-7H,2-5H2,1H3,(H,15,18)(H,16,17,19). The predicted molar refractivity (Wildman–Crippen MR) is 78.5 cm³/mol. The highest BCUT2D eigenvalue weighted by atomic mass is 32.1. The molecule has 0 fully saturated rings. The van der Waals surface area contributed by atoms with E-state index in [1.807, 2.05) is 0 Å². The second kappa shape index (κ2) is 5.20. The summed E-state index contributed by atoms with van der Waals surface area (Å²) in [5, 5.41) is 3.31. The molecule has 0 saturated carbocycles. The minimum atomic E-state index is -0.405. The Labute approximate surface area is 120 Å². The number of hydrogen-bond donors (Lipinski definition) is 2. The molecule has 20 heavy (non-hydrogen) atoms. The highest BCUT2D eigenvalue weighted by molar-refractivity contribution is 7.15. The molecule has 0 saturated heterocycles. The molecule has 104 valence electrons. The average Bonchev–Trinajstić information content (AvgIpc) is 2.80. The zero-order chi connectivity index (χ0) is 14.1. The first-order valence-electron chi connectivity index (χ1n) is 6.63. The Morgan fingerprint density at radius 3 is 2.95 bits per heavy atom. The van der Waals surface area contributed by atoms with Gasteiger partial charge in [0.1, 0.15) is 5.56 Å². The van der Waals surface area contributed by atoms with Crippen LogP contribution in [0.5, 0.6) is 0 Å². The highest BCUT2D eigenvalue weighted by Crippen LogP contribution is 2.29. The Morgan fingerprint density at radius 2 is 2.20 bits per heavy atom. The molecule has 1 amide bonds. The van der Waals surface area contributed by atoms with Gasteiger partial charge < -0.3 is 4.98 Å². The van der Waals surface area contributed by atoms with Gasteiger partial charge in [-0.1, -0.05) is 0 Å². The number of hydrogen-bond acceptors (Lipinski definition) is 4. The molecule has 0 bridgehead atoms. The van der Waals surface area contributed by atoms with Crippen molar-refractivity contribution in [3.8, 4) is 0 Å². The first-order valence-corrected chi connectivity index (χ1v) is 7.44. The molecule has 6 heteroatoms. The number of nitrogens with zero attached hydrogens (tertiary/aromatic N) is 1. The molecule has 0 radical (unpaired) electrons. The molecular formula is C14H15N3O2S. The number of nitrogens with one attached hydrogen (secondary N) is 2.